The van der Waals surface area contributed by atoms with Crippen LogP contribution in [0.15, 0.2) is 30.0 Å². The van der Waals surface area contributed by atoms with Crippen LogP contribution in [0.3, 0.4) is 0 Å². The van der Waals surface area contributed by atoms with E-state index in [-0.39, 0.29) is 23.9 Å². The smallest absolute Gasteiger partial charge is 0.355 e. The van der Waals surface area contributed by atoms with Crippen LogP contribution in [0.1, 0.15) is 81.6 Å². The maximum Gasteiger partial charge on any atom is 0.355 e. The fourth-order valence-electron chi connectivity index (χ4n) is 4.06. The van der Waals surface area contributed by atoms with Gasteiger partial charge < -0.3 is 13.9 Å². The molecule has 0 saturated heterocycles. The summed E-state index contributed by atoms with van der Waals surface area (Å²) in [6, 6.07) is 3.36. The molecule has 0 atom stereocenters. The predicted molar refractivity (Wildman–Crippen MR) is 115 cm³/mol. The van der Waals surface area contributed by atoms with Gasteiger partial charge in [0.25, 0.3) is 0 Å². The van der Waals surface area contributed by atoms with Crippen molar-refractivity contribution >= 4 is 17.5 Å². The molecule has 0 bridgehead atoms. The van der Waals surface area contributed by atoms with E-state index in [4.69, 9.17) is 4.74 Å². The van der Waals surface area contributed by atoms with Crippen LogP contribution in [0.2, 0.25) is 0 Å². The summed E-state index contributed by atoms with van der Waals surface area (Å²) in [7, 11) is 1.67. The SMILES string of the molecule is CC(=O)c1cc(C(=O)OCC(=O)c2cc(C)n(CCC3=CCCCC3)c2C)n(C)c1. The molecule has 2 aromatic rings. The molecule has 0 unspecified atom stereocenters. The summed E-state index contributed by atoms with van der Waals surface area (Å²) in [6.07, 6.45) is 9.82. The fourth-order valence-corrected chi connectivity index (χ4v) is 4.06. The molecule has 3 rings (SSSR count). The molecule has 2 heterocycles. The zero-order valence-corrected chi connectivity index (χ0v) is 18.3. The lowest BCUT2D eigenvalue weighted by molar-refractivity contribution is 0.0465. The topological polar surface area (TPSA) is 70.3 Å². The third-order valence-corrected chi connectivity index (χ3v) is 5.87. The highest BCUT2D eigenvalue weighted by Crippen LogP contribution is 2.23. The van der Waals surface area contributed by atoms with Crippen LogP contribution in [0.5, 0.6) is 0 Å². The Kier molecular flexibility index (Phi) is 6.75. The van der Waals surface area contributed by atoms with E-state index in [1.54, 1.807) is 13.2 Å². The molecule has 0 radical (unpaired) electrons. The van der Waals surface area contributed by atoms with E-state index in [9.17, 15) is 14.4 Å². The Balaban J connectivity index is 1.63. The van der Waals surface area contributed by atoms with Crippen LogP contribution in [0.25, 0.3) is 0 Å². The molecule has 0 saturated carbocycles. The standard InChI is InChI=1S/C24H30N2O4/c1-16-12-21(17(2)26(16)11-10-19-8-6-5-7-9-19)23(28)15-30-24(29)22-13-20(18(3)27)14-25(22)4/h8,12-14H,5-7,9-11,15H2,1-4H3. The Labute approximate surface area is 177 Å². The van der Waals surface area contributed by atoms with Crippen LogP contribution in [-0.4, -0.2) is 33.3 Å². The number of ether oxygens (including phenoxy) is 1. The van der Waals surface area contributed by atoms with Gasteiger partial charge in [-0.05, 0) is 65.0 Å². The van der Waals surface area contributed by atoms with Crippen molar-refractivity contribution in [2.45, 2.75) is 59.4 Å². The quantitative estimate of drug-likeness (QED) is 0.363. The number of hydrogen-bond acceptors (Lipinski definition) is 4. The van der Waals surface area contributed by atoms with E-state index in [0.717, 1.165) is 24.4 Å². The number of carbonyl (C=O) groups excluding carboxylic acids is 3. The number of Topliss-reactive ketones (excluding diaryl/α,β-unsaturated/α-hetero) is 2. The van der Waals surface area contributed by atoms with Gasteiger partial charge in [-0.3, -0.25) is 9.59 Å². The van der Waals surface area contributed by atoms with Crippen molar-refractivity contribution in [2.75, 3.05) is 6.61 Å². The zero-order chi connectivity index (χ0) is 21.8. The summed E-state index contributed by atoms with van der Waals surface area (Å²) in [4.78, 5) is 36.5. The van der Waals surface area contributed by atoms with E-state index in [0.29, 0.717) is 11.1 Å². The number of nitrogens with zero attached hydrogens (tertiary/aromatic N) is 2. The van der Waals surface area contributed by atoms with Crippen LogP contribution in [0.4, 0.5) is 0 Å². The minimum Gasteiger partial charge on any atom is -0.453 e. The van der Waals surface area contributed by atoms with Gasteiger partial charge in [-0.25, -0.2) is 4.79 Å². The molecular formula is C24H30N2O4. The Morgan fingerprint density at radius 2 is 1.90 bits per heavy atom. The lowest BCUT2D eigenvalue weighted by atomic mass is 9.97. The maximum absolute atomic E-state index is 12.7. The van der Waals surface area contributed by atoms with E-state index in [2.05, 4.69) is 10.6 Å². The molecule has 0 spiro atoms. The van der Waals surface area contributed by atoms with Crippen molar-refractivity contribution in [1.82, 2.24) is 9.13 Å². The van der Waals surface area contributed by atoms with Crippen molar-refractivity contribution in [3.05, 3.63) is 58.2 Å². The largest absolute Gasteiger partial charge is 0.453 e. The second-order valence-corrected chi connectivity index (χ2v) is 8.08. The number of carbonyl (C=O) groups is 3. The molecule has 6 heteroatoms. The van der Waals surface area contributed by atoms with Crippen molar-refractivity contribution in [1.29, 1.82) is 0 Å². The molecular weight excluding hydrogens is 380 g/mol. The van der Waals surface area contributed by atoms with E-state index in [1.807, 2.05) is 19.9 Å². The van der Waals surface area contributed by atoms with E-state index in [1.165, 1.54) is 48.8 Å². The fraction of sp³-hybridized carbons (Fsp3) is 0.458. The van der Waals surface area contributed by atoms with Crippen molar-refractivity contribution in [3.63, 3.8) is 0 Å². The normalized spacial score (nSPS) is 13.8. The Hall–Kier alpha value is -2.89. The second kappa shape index (κ2) is 9.28. The Bertz CT molecular complexity index is 1010. The van der Waals surface area contributed by atoms with Gasteiger partial charge in [0.15, 0.2) is 12.4 Å². The van der Waals surface area contributed by atoms with Crippen LogP contribution in [-0.2, 0) is 18.3 Å². The summed E-state index contributed by atoms with van der Waals surface area (Å²) in [5.74, 6) is -0.964. The summed E-state index contributed by atoms with van der Waals surface area (Å²) in [6.45, 7) is 5.91. The summed E-state index contributed by atoms with van der Waals surface area (Å²) in [5.41, 5.74) is 4.72. The molecule has 0 fully saturated rings. The third kappa shape index (κ3) is 4.81. The average molecular weight is 411 g/mol. The van der Waals surface area contributed by atoms with Gasteiger partial charge >= 0.3 is 5.97 Å². The highest BCUT2D eigenvalue weighted by atomic mass is 16.5. The van der Waals surface area contributed by atoms with Gasteiger partial charge in [0, 0.05) is 42.3 Å². The summed E-state index contributed by atoms with van der Waals surface area (Å²) in [5, 5.41) is 0. The summed E-state index contributed by atoms with van der Waals surface area (Å²) < 4.78 is 8.94. The molecule has 30 heavy (non-hydrogen) atoms. The molecule has 2 aromatic heterocycles. The van der Waals surface area contributed by atoms with Gasteiger partial charge in [0.05, 0.1) is 0 Å². The second-order valence-electron chi connectivity index (χ2n) is 8.08. The molecule has 0 aliphatic heterocycles. The third-order valence-electron chi connectivity index (χ3n) is 5.87. The van der Waals surface area contributed by atoms with Crippen molar-refractivity contribution in [3.8, 4) is 0 Å². The highest BCUT2D eigenvalue weighted by molar-refractivity contribution is 6.01. The minimum atomic E-state index is -0.614. The highest BCUT2D eigenvalue weighted by Gasteiger charge is 2.20. The number of hydrogen-bond donors (Lipinski definition) is 0. The number of aryl methyl sites for hydroxylation is 2. The Morgan fingerprint density at radius 3 is 2.53 bits per heavy atom. The number of ketones is 2. The predicted octanol–water partition coefficient (Wildman–Crippen LogP) is 4.58. The first-order chi connectivity index (χ1) is 14.3. The minimum absolute atomic E-state index is 0.128. The number of allylic oxidation sites excluding steroid dienone is 2. The number of aromatic nitrogens is 2. The summed E-state index contributed by atoms with van der Waals surface area (Å²) >= 11 is 0. The van der Waals surface area contributed by atoms with Gasteiger partial charge in [0.1, 0.15) is 5.69 Å². The molecule has 1 aliphatic carbocycles. The number of rotatable bonds is 8. The van der Waals surface area contributed by atoms with Crippen molar-refractivity contribution in [2.24, 2.45) is 7.05 Å². The van der Waals surface area contributed by atoms with Crippen molar-refractivity contribution < 1.29 is 19.1 Å². The van der Waals surface area contributed by atoms with Crippen LogP contribution in [0, 0.1) is 13.8 Å². The van der Waals surface area contributed by atoms with Gasteiger partial charge in [-0.15, -0.1) is 0 Å². The maximum atomic E-state index is 12.7. The van der Waals surface area contributed by atoms with Gasteiger partial charge in [-0.1, -0.05) is 11.6 Å². The lowest BCUT2D eigenvalue weighted by Crippen LogP contribution is -2.17. The van der Waals surface area contributed by atoms with Crippen LogP contribution >= 0.6 is 0 Å². The molecule has 0 aromatic carbocycles. The Morgan fingerprint density at radius 1 is 1.13 bits per heavy atom. The lowest BCUT2D eigenvalue weighted by Gasteiger charge is -2.15. The molecule has 1 aliphatic rings. The molecule has 0 N–H and O–H groups in total. The van der Waals surface area contributed by atoms with E-state index >= 15 is 0 Å². The first-order valence-electron chi connectivity index (χ1n) is 10.5. The van der Waals surface area contributed by atoms with Gasteiger partial charge in [-0.2, -0.15) is 0 Å². The zero-order valence-electron chi connectivity index (χ0n) is 18.3. The van der Waals surface area contributed by atoms with E-state index < -0.39 is 5.97 Å². The number of esters is 1. The van der Waals surface area contributed by atoms with Crippen LogP contribution < -0.4 is 0 Å². The monoisotopic (exact) mass is 410 g/mol. The molecule has 0 amide bonds. The first-order valence-corrected chi connectivity index (χ1v) is 10.5. The molecule has 6 nitrogen and oxygen atoms in total. The van der Waals surface area contributed by atoms with Gasteiger partial charge in [0.2, 0.25) is 5.78 Å². The first kappa shape index (κ1) is 21.8. The average Bonchev–Trinajstić information content (AvgIpc) is 3.25. The molecule has 160 valence electrons.